The molecule has 0 unspecified atom stereocenters. The molecule has 0 aliphatic rings. The Morgan fingerprint density at radius 2 is 1.83 bits per heavy atom. The highest BCUT2D eigenvalue weighted by molar-refractivity contribution is 5.31. The molecular formula is C9H8F3. The number of halogens is 3. The van der Waals surface area contributed by atoms with Gasteiger partial charge < -0.3 is 0 Å². The van der Waals surface area contributed by atoms with E-state index in [1.54, 1.807) is 13.0 Å². The average molecular weight is 173 g/mol. The molecule has 0 aliphatic carbocycles. The van der Waals surface area contributed by atoms with Gasteiger partial charge in [0, 0.05) is 0 Å². The zero-order valence-electron chi connectivity index (χ0n) is 6.79. The van der Waals surface area contributed by atoms with Crippen LogP contribution in [0.2, 0.25) is 0 Å². The maximum atomic E-state index is 12.2. The lowest BCUT2D eigenvalue weighted by Crippen LogP contribution is -2.07. The van der Waals surface area contributed by atoms with Gasteiger partial charge in [-0.25, -0.2) is 0 Å². The van der Waals surface area contributed by atoms with Crippen LogP contribution in [-0.2, 0) is 6.18 Å². The summed E-state index contributed by atoms with van der Waals surface area (Å²) < 4.78 is 36.6. The number of alkyl halides is 3. The van der Waals surface area contributed by atoms with E-state index in [1.165, 1.54) is 6.92 Å². The van der Waals surface area contributed by atoms with Crippen LogP contribution in [0.3, 0.4) is 0 Å². The van der Waals surface area contributed by atoms with Gasteiger partial charge in [-0.1, -0.05) is 6.07 Å². The lowest BCUT2D eigenvalue weighted by Gasteiger charge is -2.09. The Bertz CT molecular complexity index is 286. The van der Waals surface area contributed by atoms with Crippen molar-refractivity contribution in [3.63, 3.8) is 0 Å². The van der Waals surface area contributed by atoms with Crippen molar-refractivity contribution in [2.75, 3.05) is 0 Å². The summed E-state index contributed by atoms with van der Waals surface area (Å²) in [5, 5.41) is 0. The summed E-state index contributed by atoms with van der Waals surface area (Å²) in [6, 6.07) is 5.23. The van der Waals surface area contributed by atoms with Crippen LogP contribution in [0.5, 0.6) is 0 Å². The Kier molecular flexibility index (Phi) is 2.13. The Balaban J connectivity index is 3.23. The first-order valence-corrected chi connectivity index (χ1v) is 3.47. The summed E-state index contributed by atoms with van der Waals surface area (Å²) in [7, 11) is 0. The van der Waals surface area contributed by atoms with Crippen molar-refractivity contribution in [1.82, 2.24) is 0 Å². The molecular weight excluding hydrogens is 165 g/mol. The molecule has 0 amide bonds. The van der Waals surface area contributed by atoms with Crippen molar-refractivity contribution in [2.24, 2.45) is 0 Å². The van der Waals surface area contributed by atoms with Gasteiger partial charge in [-0.3, -0.25) is 0 Å². The largest absolute Gasteiger partial charge is 0.416 e. The predicted octanol–water partition coefficient (Wildman–Crippen LogP) is 3.12. The monoisotopic (exact) mass is 173 g/mol. The van der Waals surface area contributed by atoms with E-state index in [0.717, 1.165) is 6.07 Å². The number of aryl methyl sites for hydroxylation is 2. The van der Waals surface area contributed by atoms with Crippen LogP contribution in [0.15, 0.2) is 12.1 Å². The molecule has 0 saturated heterocycles. The Labute approximate surface area is 69.0 Å². The summed E-state index contributed by atoms with van der Waals surface area (Å²) in [6.45, 7) is 3.02. The van der Waals surface area contributed by atoms with Crippen LogP contribution in [0.4, 0.5) is 13.2 Å². The normalized spacial score (nSPS) is 11.8. The van der Waals surface area contributed by atoms with E-state index >= 15 is 0 Å². The van der Waals surface area contributed by atoms with Crippen LogP contribution in [0.1, 0.15) is 16.7 Å². The van der Waals surface area contributed by atoms with Crippen LogP contribution in [0, 0.1) is 19.9 Å². The highest BCUT2D eigenvalue weighted by Gasteiger charge is 2.32. The molecule has 3 heteroatoms. The van der Waals surface area contributed by atoms with E-state index < -0.39 is 11.7 Å². The fourth-order valence-corrected chi connectivity index (χ4v) is 0.972. The molecule has 0 spiro atoms. The molecule has 0 saturated carbocycles. The maximum absolute atomic E-state index is 12.2. The van der Waals surface area contributed by atoms with Crippen molar-refractivity contribution in [3.05, 3.63) is 34.9 Å². The minimum Gasteiger partial charge on any atom is -0.166 e. The summed E-state index contributed by atoms with van der Waals surface area (Å²) >= 11 is 0. The standard InChI is InChI=1S/C9H8F3/c1-6-3-4-7(2)8(5-6)9(10,11)12/h3,5H,1-2H3. The zero-order chi connectivity index (χ0) is 9.35. The van der Waals surface area contributed by atoms with Crippen molar-refractivity contribution in [1.29, 1.82) is 0 Å². The summed E-state index contributed by atoms with van der Waals surface area (Å²) in [6.07, 6.45) is -4.26. The van der Waals surface area contributed by atoms with Crippen molar-refractivity contribution in [2.45, 2.75) is 20.0 Å². The third-order valence-electron chi connectivity index (χ3n) is 1.60. The third kappa shape index (κ3) is 1.78. The van der Waals surface area contributed by atoms with Crippen LogP contribution in [0.25, 0.3) is 0 Å². The molecule has 1 aromatic carbocycles. The molecule has 0 atom stereocenters. The Morgan fingerprint density at radius 1 is 1.25 bits per heavy atom. The van der Waals surface area contributed by atoms with E-state index in [-0.39, 0.29) is 5.56 Å². The maximum Gasteiger partial charge on any atom is 0.416 e. The van der Waals surface area contributed by atoms with Gasteiger partial charge in [-0.15, -0.1) is 0 Å². The molecule has 0 fully saturated rings. The molecule has 0 nitrogen and oxygen atoms in total. The van der Waals surface area contributed by atoms with Gasteiger partial charge in [-0.05, 0) is 37.1 Å². The third-order valence-corrected chi connectivity index (χ3v) is 1.60. The average Bonchev–Trinajstić information content (AvgIpc) is 1.92. The van der Waals surface area contributed by atoms with E-state index in [2.05, 4.69) is 6.07 Å². The lowest BCUT2D eigenvalue weighted by molar-refractivity contribution is -0.138. The van der Waals surface area contributed by atoms with Crippen molar-refractivity contribution < 1.29 is 13.2 Å². The van der Waals surface area contributed by atoms with E-state index in [0.29, 0.717) is 5.56 Å². The first kappa shape index (κ1) is 9.10. The van der Waals surface area contributed by atoms with Gasteiger partial charge in [-0.2, -0.15) is 13.2 Å². The Morgan fingerprint density at radius 3 is 2.25 bits per heavy atom. The van der Waals surface area contributed by atoms with Gasteiger partial charge in [0.25, 0.3) is 0 Å². The van der Waals surface area contributed by atoms with E-state index in [4.69, 9.17) is 0 Å². The van der Waals surface area contributed by atoms with Crippen molar-refractivity contribution in [3.8, 4) is 0 Å². The lowest BCUT2D eigenvalue weighted by atomic mass is 10.1. The minimum atomic E-state index is -4.26. The second-order valence-electron chi connectivity index (χ2n) is 2.71. The molecule has 1 radical (unpaired) electrons. The Hall–Kier alpha value is -0.990. The van der Waals surface area contributed by atoms with E-state index in [9.17, 15) is 13.2 Å². The second kappa shape index (κ2) is 2.81. The predicted molar refractivity (Wildman–Crippen MR) is 39.8 cm³/mol. The highest BCUT2D eigenvalue weighted by Crippen LogP contribution is 2.31. The number of hydrogen-bond donors (Lipinski definition) is 0. The summed E-state index contributed by atoms with van der Waals surface area (Å²) in [4.78, 5) is 0. The van der Waals surface area contributed by atoms with E-state index in [1.807, 2.05) is 0 Å². The topological polar surface area (TPSA) is 0 Å². The minimum absolute atomic E-state index is 0.146. The smallest absolute Gasteiger partial charge is 0.166 e. The zero-order valence-corrected chi connectivity index (χ0v) is 6.79. The fraction of sp³-hybridized carbons (Fsp3) is 0.333. The molecule has 1 aromatic rings. The first-order chi connectivity index (χ1) is 5.41. The van der Waals surface area contributed by atoms with Gasteiger partial charge in [0.05, 0.1) is 5.56 Å². The summed E-state index contributed by atoms with van der Waals surface area (Å²) in [5.41, 5.74) is 0.128. The van der Waals surface area contributed by atoms with Gasteiger partial charge in [0.2, 0.25) is 0 Å². The molecule has 0 N–H and O–H groups in total. The van der Waals surface area contributed by atoms with Crippen molar-refractivity contribution >= 4 is 0 Å². The quantitative estimate of drug-likeness (QED) is 0.565. The summed E-state index contributed by atoms with van der Waals surface area (Å²) in [5.74, 6) is 0. The van der Waals surface area contributed by atoms with Gasteiger partial charge in [0.1, 0.15) is 0 Å². The van der Waals surface area contributed by atoms with Gasteiger partial charge in [0.15, 0.2) is 0 Å². The first-order valence-electron chi connectivity index (χ1n) is 3.47. The highest BCUT2D eigenvalue weighted by atomic mass is 19.4. The molecule has 0 aliphatic heterocycles. The SMILES string of the molecule is Cc1c[c]c(C)c(C(F)(F)F)c1. The molecule has 0 heterocycles. The fourth-order valence-electron chi connectivity index (χ4n) is 0.972. The number of benzene rings is 1. The number of hydrogen-bond acceptors (Lipinski definition) is 0. The molecule has 65 valence electrons. The molecule has 0 bridgehead atoms. The number of rotatable bonds is 0. The molecule has 0 aromatic heterocycles. The van der Waals surface area contributed by atoms with Crippen LogP contribution < -0.4 is 0 Å². The molecule has 1 rings (SSSR count). The van der Waals surface area contributed by atoms with Crippen LogP contribution in [-0.4, -0.2) is 0 Å². The van der Waals surface area contributed by atoms with Crippen LogP contribution >= 0.6 is 0 Å². The second-order valence-corrected chi connectivity index (χ2v) is 2.71. The van der Waals surface area contributed by atoms with Gasteiger partial charge >= 0.3 is 6.18 Å². The molecule has 12 heavy (non-hydrogen) atoms.